The van der Waals surface area contributed by atoms with Gasteiger partial charge < -0.3 is 4.90 Å². The van der Waals surface area contributed by atoms with Crippen molar-refractivity contribution >= 4 is 5.91 Å². The first-order chi connectivity index (χ1) is 6.75. The predicted octanol–water partition coefficient (Wildman–Crippen LogP) is 0.610. The highest BCUT2D eigenvalue weighted by molar-refractivity contribution is 5.78. The summed E-state index contributed by atoms with van der Waals surface area (Å²) in [5.74, 6) is 2.63. The minimum absolute atomic E-state index is 0.174. The second-order valence-corrected chi connectivity index (χ2v) is 3.74. The molecule has 0 aliphatic carbocycles. The molecule has 1 atom stereocenters. The minimum Gasteiger partial charge on any atom is -0.339 e. The SMILES string of the molecule is C#CCNCC(=O)N1CCCCC1C. The van der Waals surface area contributed by atoms with Crippen LogP contribution in [0.15, 0.2) is 0 Å². The molecule has 14 heavy (non-hydrogen) atoms. The molecule has 0 aromatic carbocycles. The summed E-state index contributed by atoms with van der Waals surface area (Å²) in [5.41, 5.74) is 0. The molecule has 1 saturated heterocycles. The normalized spacial score (nSPS) is 21.7. The van der Waals surface area contributed by atoms with Crippen LogP contribution in [-0.2, 0) is 4.79 Å². The van der Waals surface area contributed by atoms with Gasteiger partial charge >= 0.3 is 0 Å². The monoisotopic (exact) mass is 194 g/mol. The Kier molecular flexibility index (Phi) is 4.48. The third-order valence-electron chi connectivity index (χ3n) is 2.63. The van der Waals surface area contributed by atoms with Crippen LogP contribution in [0.4, 0.5) is 0 Å². The van der Waals surface area contributed by atoms with Gasteiger partial charge in [-0.15, -0.1) is 6.42 Å². The lowest BCUT2D eigenvalue weighted by Crippen LogP contribution is -2.45. The quantitative estimate of drug-likeness (QED) is 0.527. The number of hydrogen-bond donors (Lipinski definition) is 1. The van der Waals surface area contributed by atoms with Crippen LogP contribution in [0.25, 0.3) is 0 Å². The lowest BCUT2D eigenvalue weighted by molar-refractivity contribution is -0.133. The van der Waals surface area contributed by atoms with Gasteiger partial charge in [-0.25, -0.2) is 0 Å². The van der Waals surface area contributed by atoms with E-state index in [1.54, 1.807) is 0 Å². The minimum atomic E-state index is 0.174. The largest absolute Gasteiger partial charge is 0.339 e. The Morgan fingerprint density at radius 1 is 1.64 bits per heavy atom. The highest BCUT2D eigenvalue weighted by Gasteiger charge is 2.22. The molecule has 0 aromatic heterocycles. The van der Waals surface area contributed by atoms with Crippen LogP contribution in [0.5, 0.6) is 0 Å². The van der Waals surface area contributed by atoms with E-state index in [9.17, 15) is 4.79 Å². The number of hydrogen-bond acceptors (Lipinski definition) is 2. The molecule has 1 aliphatic heterocycles. The topological polar surface area (TPSA) is 32.3 Å². The van der Waals surface area contributed by atoms with E-state index in [-0.39, 0.29) is 5.91 Å². The molecule has 3 heteroatoms. The summed E-state index contributed by atoms with van der Waals surface area (Å²) in [7, 11) is 0. The predicted molar refractivity (Wildman–Crippen MR) is 56.7 cm³/mol. The number of terminal acetylenes is 1. The van der Waals surface area contributed by atoms with Gasteiger partial charge in [0.25, 0.3) is 0 Å². The molecule has 78 valence electrons. The summed E-state index contributed by atoms with van der Waals surface area (Å²) < 4.78 is 0. The van der Waals surface area contributed by atoms with Crippen LogP contribution < -0.4 is 5.32 Å². The lowest BCUT2D eigenvalue weighted by atomic mass is 10.0. The third-order valence-corrected chi connectivity index (χ3v) is 2.63. The molecule has 1 N–H and O–H groups in total. The fraction of sp³-hybridized carbons (Fsp3) is 0.727. The van der Waals surface area contributed by atoms with E-state index in [4.69, 9.17) is 6.42 Å². The number of rotatable bonds is 3. The summed E-state index contributed by atoms with van der Waals surface area (Å²) in [6.07, 6.45) is 8.58. The summed E-state index contributed by atoms with van der Waals surface area (Å²) >= 11 is 0. The fourth-order valence-corrected chi connectivity index (χ4v) is 1.81. The van der Waals surface area contributed by atoms with Crippen LogP contribution in [0.3, 0.4) is 0 Å². The van der Waals surface area contributed by atoms with Crippen LogP contribution in [0.2, 0.25) is 0 Å². The van der Waals surface area contributed by atoms with Crippen molar-refractivity contribution < 1.29 is 4.79 Å². The number of nitrogens with zero attached hydrogens (tertiary/aromatic N) is 1. The summed E-state index contributed by atoms with van der Waals surface area (Å²) in [5, 5.41) is 2.93. The standard InChI is InChI=1S/C11H18N2O/c1-3-7-12-9-11(14)13-8-5-4-6-10(13)2/h1,10,12H,4-9H2,2H3. The Balaban J connectivity index is 2.31. The molecule has 0 spiro atoms. The Hall–Kier alpha value is -1.01. The molecular weight excluding hydrogens is 176 g/mol. The van der Waals surface area contributed by atoms with Crippen molar-refractivity contribution in [3.05, 3.63) is 0 Å². The molecule has 0 bridgehead atoms. The number of carbonyl (C=O) groups is 1. The van der Waals surface area contributed by atoms with E-state index in [1.165, 1.54) is 6.42 Å². The van der Waals surface area contributed by atoms with E-state index in [0.717, 1.165) is 19.4 Å². The van der Waals surface area contributed by atoms with Gasteiger partial charge in [-0.1, -0.05) is 5.92 Å². The Morgan fingerprint density at radius 3 is 3.07 bits per heavy atom. The van der Waals surface area contributed by atoms with Gasteiger partial charge in [0, 0.05) is 12.6 Å². The maximum atomic E-state index is 11.7. The van der Waals surface area contributed by atoms with Gasteiger partial charge in [-0.3, -0.25) is 10.1 Å². The zero-order valence-electron chi connectivity index (χ0n) is 8.75. The van der Waals surface area contributed by atoms with Gasteiger partial charge in [-0.2, -0.15) is 0 Å². The number of nitrogens with one attached hydrogen (secondary N) is 1. The molecule has 0 saturated carbocycles. The second-order valence-electron chi connectivity index (χ2n) is 3.74. The third kappa shape index (κ3) is 3.04. The van der Waals surface area contributed by atoms with Crippen molar-refractivity contribution in [2.24, 2.45) is 0 Å². The molecular formula is C11H18N2O. The highest BCUT2D eigenvalue weighted by Crippen LogP contribution is 2.15. The van der Waals surface area contributed by atoms with Crippen molar-refractivity contribution in [1.82, 2.24) is 10.2 Å². The van der Waals surface area contributed by atoms with Gasteiger partial charge in [0.15, 0.2) is 0 Å². The number of piperidine rings is 1. The van der Waals surface area contributed by atoms with Crippen molar-refractivity contribution in [3.63, 3.8) is 0 Å². The van der Waals surface area contributed by atoms with E-state index < -0.39 is 0 Å². The van der Waals surface area contributed by atoms with Crippen molar-refractivity contribution in [3.8, 4) is 12.3 Å². The fourth-order valence-electron chi connectivity index (χ4n) is 1.81. The maximum Gasteiger partial charge on any atom is 0.236 e. The van der Waals surface area contributed by atoms with E-state index >= 15 is 0 Å². The maximum absolute atomic E-state index is 11.7. The summed E-state index contributed by atoms with van der Waals surface area (Å²) in [4.78, 5) is 13.6. The lowest BCUT2D eigenvalue weighted by Gasteiger charge is -2.33. The number of amides is 1. The number of likely N-dealkylation sites (tertiary alicyclic amines) is 1. The Bertz CT molecular complexity index is 232. The van der Waals surface area contributed by atoms with Crippen molar-refractivity contribution in [2.45, 2.75) is 32.2 Å². The molecule has 0 radical (unpaired) electrons. The Labute approximate surface area is 85.9 Å². The second kappa shape index (κ2) is 5.66. The molecule has 1 unspecified atom stereocenters. The molecule has 0 aromatic rings. The highest BCUT2D eigenvalue weighted by atomic mass is 16.2. The average Bonchev–Trinajstić information content (AvgIpc) is 2.18. The molecule has 3 nitrogen and oxygen atoms in total. The zero-order chi connectivity index (χ0) is 10.4. The average molecular weight is 194 g/mol. The summed E-state index contributed by atoms with van der Waals surface area (Å²) in [6, 6.07) is 0.392. The first-order valence-corrected chi connectivity index (χ1v) is 5.19. The summed E-state index contributed by atoms with van der Waals surface area (Å²) in [6.45, 7) is 3.85. The van der Waals surface area contributed by atoms with Gasteiger partial charge in [0.2, 0.25) is 5.91 Å². The van der Waals surface area contributed by atoms with Crippen LogP contribution >= 0.6 is 0 Å². The van der Waals surface area contributed by atoms with Gasteiger partial charge in [-0.05, 0) is 26.2 Å². The van der Waals surface area contributed by atoms with Gasteiger partial charge in [0.05, 0.1) is 13.1 Å². The smallest absolute Gasteiger partial charge is 0.236 e. The Morgan fingerprint density at radius 2 is 2.43 bits per heavy atom. The number of carbonyl (C=O) groups excluding carboxylic acids is 1. The first kappa shape index (κ1) is 11.1. The van der Waals surface area contributed by atoms with Crippen LogP contribution in [0.1, 0.15) is 26.2 Å². The van der Waals surface area contributed by atoms with Gasteiger partial charge in [0.1, 0.15) is 0 Å². The van der Waals surface area contributed by atoms with E-state index in [2.05, 4.69) is 18.2 Å². The van der Waals surface area contributed by atoms with E-state index in [0.29, 0.717) is 19.1 Å². The molecule has 1 rings (SSSR count). The molecule has 1 heterocycles. The van der Waals surface area contributed by atoms with Crippen molar-refractivity contribution in [1.29, 1.82) is 0 Å². The van der Waals surface area contributed by atoms with Crippen molar-refractivity contribution in [2.75, 3.05) is 19.6 Å². The first-order valence-electron chi connectivity index (χ1n) is 5.19. The molecule has 1 fully saturated rings. The molecule has 1 aliphatic rings. The van der Waals surface area contributed by atoms with Crippen LogP contribution in [0, 0.1) is 12.3 Å². The van der Waals surface area contributed by atoms with Crippen LogP contribution in [-0.4, -0.2) is 36.5 Å². The van der Waals surface area contributed by atoms with E-state index in [1.807, 2.05) is 4.90 Å². The zero-order valence-corrected chi connectivity index (χ0v) is 8.75. The molecule has 1 amide bonds.